The molecule has 1 N–H and O–H groups in total. The first-order valence-corrected chi connectivity index (χ1v) is 10.5. The number of sulfonamides is 1. The highest BCUT2D eigenvalue weighted by atomic mass is 32.2. The minimum Gasteiger partial charge on any atom is -0.493 e. The van der Waals surface area contributed by atoms with Crippen LogP contribution in [0.2, 0.25) is 0 Å². The van der Waals surface area contributed by atoms with Crippen LogP contribution in [0.15, 0.2) is 36.4 Å². The molecule has 0 aliphatic carbocycles. The number of benzene rings is 2. The molecule has 0 atom stereocenters. The number of alkyl halides is 3. The van der Waals surface area contributed by atoms with Crippen LogP contribution in [0.1, 0.15) is 22.8 Å². The average molecular weight is 446 g/mol. The Hall–Kier alpha value is -2.95. The minimum atomic E-state index is -4.69. The Morgan fingerprint density at radius 1 is 1.10 bits per heavy atom. The molecule has 30 heavy (non-hydrogen) atoms. The van der Waals surface area contributed by atoms with Gasteiger partial charge in [-0.25, -0.2) is 8.42 Å². The van der Waals surface area contributed by atoms with E-state index in [0.717, 1.165) is 22.7 Å². The van der Waals surface area contributed by atoms with E-state index >= 15 is 0 Å². The maximum atomic E-state index is 13.3. The van der Waals surface area contributed by atoms with Crippen LogP contribution in [0.25, 0.3) is 0 Å². The Morgan fingerprint density at radius 3 is 2.17 bits per heavy atom. The smallest absolute Gasteiger partial charge is 0.418 e. The van der Waals surface area contributed by atoms with E-state index in [9.17, 15) is 26.4 Å². The van der Waals surface area contributed by atoms with Gasteiger partial charge in [0.25, 0.3) is 5.91 Å². The van der Waals surface area contributed by atoms with Gasteiger partial charge in [-0.1, -0.05) is 12.1 Å². The predicted octanol–water partition coefficient (Wildman–Crippen LogP) is 3.76. The summed E-state index contributed by atoms with van der Waals surface area (Å²) >= 11 is 0. The van der Waals surface area contributed by atoms with E-state index in [-0.39, 0.29) is 29.3 Å². The highest BCUT2D eigenvalue weighted by Gasteiger charge is 2.34. The second-order valence-electron chi connectivity index (χ2n) is 6.15. The Kier molecular flexibility index (Phi) is 6.86. The normalized spacial score (nSPS) is 11.7. The highest BCUT2D eigenvalue weighted by Crippen LogP contribution is 2.38. The van der Waals surface area contributed by atoms with E-state index in [1.807, 2.05) is 0 Å². The molecule has 0 unspecified atom stereocenters. The Bertz CT molecular complexity index is 1040. The SMILES string of the molecule is CCN(c1cc(OC)c(OC)cc1C(=O)Nc1ccccc1C(F)(F)F)S(C)(=O)=O. The lowest BCUT2D eigenvalue weighted by Gasteiger charge is -2.24. The Morgan fingerprint density at radius 2 is 1.67 bits per heavy atom. The van der Waals surface area contributed by atoms with Crippen molar-refractivity contribution in [1.29, 1.82) is 0 Å². The molecule has 164 valence electrons. The van der Waals surface area contributed by atoms with Gasteiger partial charge in [0.1, 0.15) is 0 Å². The zero-order valence-electron chi connectivity index (χ0n) is 16.7. The molecule has 2 rings (SSSR count). The van der Waals surface area contributed by atoms with E-state index in [4.69, 9.17) is 9.47 Å². The number of nitrogens with one attached hydrogen (secondary N) is 1. The summed E-state index contributed by atoms with van der Waals surface area (Å²) in [5.41, 5.74) is -1.74. The third-order valence-electron chi connectivity index (χ3n) is 4.18. The molecule has 0 fully saturated rings. The van der Waals surface area contributed by atoms with Gasteiger partial charge in [-0.05, 0) is 25.1 Å². The third-order valence-corrected chi connectivity index (χ3v) is 5.44. The van der Waals surface area contributed by atoms with Gasteiger partial charge >= 0.3 is 6.18 Å². The molecule has 0 aromatic heterocycles. The van der Waals surface area contributed by atoms with Crippen LogP contribution in [0.3, 0.4) is 0 Å². The molecule has 0 aliphatic rings. The van der Waals surface area contributed by atoms with Crippen molar-refractivity contribution in [2.75, 3.05) is 36.6 Å². The predicted molar refractivity (Wildman–Crippen MR) is 107 cm³/mol. The molecule has 1 amide bonds. The van der Waals surface area contributed by atoms with Gasteiger partial charge in [-0.3, -0.25) is 9.10 Å². The van der Waals surface area contributed by atoms with Crippen LogP contribution in [-0.2, 0) is 16.2 Å². The summed E-state index contributed by atoms with van der Waals surface area (Å²) in [5, 5.41) is 2.22. The van der Waals surface area contributed by atoms with Gasteiger partial charge in [0.15, 0.2) is 11.5 Å². The molecule has 0 heterocycles. The summed E-state index contributed by atoms with van der Waals surface area (Å²) in [7, 11) is -1.15. The van der Waals surface area contributed by atoms with E-state index in [2.05, 4.69) is 5.32 Å². The van der Waals surface area contributed by atoms with Crippen LogP contribution in [0.4, 0.5) is 24.5 Å². The van der Waals surface area contributed by atoms with Crippen LogP contribution in [-0.4, -0.2) is 41.3 Å². The van der Waals surface area contributed by atoms with Gasteiger partial charge in [0.05, 0.1) is 43.0 Å². The lowest BCUT2D eigenvalue weighted by atomic mass is 10.1. The molecule has 0 aliphatic heterocycles. The molecule has 0 radical (unpaired) electrons. The van der Waals surface area contributed by atoms with Crippen molar-refractivity contribution in [1.82, 2.24) is 0 Å². The first-order valence-electron chi connectivity index (χ1n) is 8.65. The molecular formula is C19H21F3N2O5S. The van der Waals surface area contributed by atoms with Crippen LogP contribution in [0, 0.1) is 0 Å². The van der Waals surface area contributed by atoms with E-state index in [1.54, 1.807) is 6.92 Å². The number of carbonyl (C=O) groups excluding carboxylic acids is 1. The average Bonchev–Trinajstić information content (AvgIpc) is 2.66. The fourth-order valence-corrected chi connectivity index (χ4v) is 3.85. The largest absolute Gasteiger partial charge is 0.493 e. The summed E-state index contributed by atoms with van der Waals surface area (Å²) in [6.07, 6.45) is -3.74. The first kappa shape index (κ1) is 23.3. The molecule has 0 saturated heterocycles. The van der Waals surface area contributed by atoms with Crippen molar-refractivity contribution < 1.29 is 35.9 Å². The number of carbonyl (C=O) groups is 1. The zero-order chi connectivity index (χ0) is 22.7. The second-order valence-corrected chi connectivity index (χ2v) is 8.06. The number of halogens is 3. The number of hydrogen-bond acceptors (Lipinski definition) is 5. The van der Waals surface area contributed by atoms with Crippen LogP contribution in [0.5, 0.6) is 11.5 Å². The number of nitrogens with zero attached hydrogens (tertiary/aromatic N) is 1. The summed E-state index contributed by atoms with van der Waals surface area (Å²) in [5.74, 6) is -0.674. The maximum Gasteiger partial charge on any atom is 0.418 e. The van der Waals surface area contributed by atoms with Gasteiger partial charge < -0.3 is 14.8 Å². The number of anilines is 2. The fourth-order valence-electron chi connectivity index (χ4n) is 2.87. The van der Waals surface area contributed by atoms with Crippen LogP contribution >= 0.6 is 0 Å². The number of amides is 1. The number of hydrogen-bond donors (Lipinski definition) is 1. The zero-order valence-corrected chi connectivity index (χ0v) is 17.5. The third kappa shape index (κ3) is 4.96. The molecule has 0 bridgehead atoms. The summed E-state index contributed by atoms with van der Waals surface area (Å²) in [6, 6.07) is 6.98. The molecular weight excluding hydrogens is 425 g/mol. The van der Waals surface area contributed by atoms with Crippen molar-refractivity contribution in [2.45, 2.75) is 13.1 Å². The first-order chi connectivity index (χ1) is 13.9. The molecule has 11 heteroatoms. The standard InChI is InChI=1S/C19H21F3N2O5S/c1-5-24(30(4,26)27)15-11-17(29-3)16(28-2)10-12(15)18(25)23-14-9-7-6-8-13(14)19(20,21)22/h6-11H,5H2,1-4H3,(H,23,25). The van der Waals surface area contributed by atoms with Crippen molar-refractivity contribution in [3.63, 3.8) is 0 Å². The molecule has 7 nitrogen and oxygen atoms in total. The Labute approximate surface area is 172 Å². The number of methoxy groups -OCH3 is 2. The minimum absolute atomic E-state index is 0.0201. The summed E-state index contributed by atoms with van der Waals surface area (Å²) in [6.45, 7) is 1.53. The molecule has 2 aromatic carbocycles. The monoisotopic (exact) mass is 446 g/mol. The Balaban J connectivity index is 2.64. The quantitative estimate of drug-likeness (QED) is 0.700. The van der Waals surface area contributed by atoms with Crippen LogP contribution < -0.4 is 19.1 Å². The highest BCUT2D eigenvalue weighted by molar-refractivity contribution is 7.92. The van der Waals surface area contributed by atoms with E-state index in [0.29, 0.717) is 0 Å². The van der Waals surface area contributed by atoms with Crippen molar-refractivity contribution in [2.24, 2.45) is 0 Å². The lowest BCUT2D eigenvalue weighted by Crippen LogP contribution is -2.31. The van der Waals surface area contributed by atoms with Crippen molar-refractivity contribution in [3.8, 4) is 11.5 Å². The number of ether oxygens (including phenoxy) is 2. The van der Waals surface area contributed by atoms with Gasteiger partial charge in [0.2, 0.25) is 10.0 Å². The summed E-state index contributed by atoms with van der Waals surface area (Å²) < 4.78 is 75.5. The van der Waals surface area contributed by atoms with Gasteiger partial charge in [-0.15, -0.1) is 0 Å². The van der Waals surface area contributed by atoms with E-state index < -0.39 is 33.4 Å². The number of para-hydroxylation sites is 1. The number of rotatable bonds is 7. The lowest BCUT2D eigenvalue weighted by molar-refractivity contribution is -0.136. The second kappa shape index (κ2) is 8.82. The maximum absolute atomic E-state index is 13.3. The molecule has 0 spiro atoms. The topological polar surface area (TPSA) is 84.9 Å². The molecule has 2 aromatic rings. The van der Waals surface area contributed by atoms with E-state index in [1.165, 1.54) is 38.5 Å². The van der Waals surface area contributed by atoms with Gasteiger partial charge in [-0.2, -0.15) is 13.2 Å². The molecule has 0 saturated carbocycles. The van der Waals surface area contributed by atoms with Crippen molar-refractivity contribution in [3.05, 3.63) is 47.5 Å². The fraction of sp³-hybridized carbons (Fsp3) is 0.316. The van der Waals surface area contributed by atoms with Gasteiger partial charge in [0, 0.05) is 12.6 Å². The van der Waals surface area contributed by atoms with Crippen molar-refractivity contribution >= 4 is 27.3 Å². The summed E-state index contributed by atoms with van der Waals surface area (Å²) in [4.78, 5) is 12.9.